The van der Waals surface area contributed by atoms with E-state index in [4.69, 9.17) is 5.73 Å². The minimum absolute atomic E-state index is 0.144. The molecule has 1 amide bonds. The van der Waals surface area contributed by atoms with E-state index in [9.17, 15) is 17.6 Å². The first-order valence-corrected chi connectivity index (χ1v) is 7.35. The molecule has 6 nitrogen and oxygen atoms in total. The van der Waals surface area contributed by atoms with E-state index in [1.807, 2.05) is 0 Å². The van der Waals surface area contributed by atoms with Crippen LogP contribution in [-0.2, 0) is 14.8 Å². The van der Waals surface area contributed by atoms with Crippen molar-refractivity contribution >= 4 is 21.6 Å². The van der Waals surface area contributed by atoms with Gasteiger partial charge in [0.15, 0.2) is 0 Å². The molecule has 0 aliphatic heterocycles. The van der Waals surface area contributed by atoms with E-state index in [0.717, 1.165) is 12.1 Å². The van der Waals surface area contributed by atoms with E-state index >= 15 is 0 Å². The number of rotatable bonds is 4. The summed E-state index contributed by atoms with van der Waals surface area (Å²) in [5.74, 6) is -1.30. The first-order chi connectivity index (χ1) is 9.01. The Bertz CT molecular complexity index is 609. The number of anilines is 1. The molecule has 0 spiro atoms. The summed E-state index contributed by atoms with van der Waals surface area (Å²) in [5.41, 5.74) is 4.66. The molecule has 1 rings (SSSR count). The number of hydrogen-bond acceptors (Lipinski definition) is 4. The highest BCUT2D eigenvalue weighted by Gasteiger charge is 2.19. The Morgan fingerprint density at radius 1 is 1.35 bits per heavy atom. The van der Waals surface area contributed by atoms with Crippen molar-refractivity contribution in [2.24, 2.45) is 0 Å². The van der Waals surface area contributed by atoms with Crippen molar-refractivity contribution in [1.29, 1.82) is 0 Å². The zero-order valence-corrected chi connectivity index (χ0v) is 12.3. The quantitative estimate of drug-likeness (QED) is 0.709. The molecule has 0 aliphatic rings. The van der Waals surface area contributed by atoms with Crippen molar-refractivity contribution in [2.75, 3.05) is 12.3 Å². The monoisotopic (exact) mass is 303 g/mol. The molecular formula is C12H18FN3O3S. The second-order valence-electron chi connectivity index (χ2n) is 5.31. The van der Waals surface area contributed by atoms with Crippen LogP contribution in [0.25, 0.3) is 0 Å². The summed E-state index contributed by atoms with van der Waals surface area (Å²) in [4.78, 5) is 11.2. The minimum atomic E-state index is -3.96. The number of nitrogen functional groups attached to an aromatic ring is 1. The first kappa shape index (κ1) is 16.4. The molecule has 4 N–H and O–H groups in total. The maximum atomic E-state index is 13.2. The van der Waals surface area contributed by atoms with E-state index in [1.54, 1.807) is 20.8 Å². The lowest BCUT2D eigenvalue weighted by Crippen LogP contribution is -2.45. The summed E-state index contributed by atoms with van der Waals surface area (Å²) < 4.78 is 39.1. The number of nitrogens with two attached hydrogens (primary N) is 1. The molecule has 8 heteroatoms. The van der Waals surface area contributed by atoms with Crippen LogP contribution in [-0.4, -0.2) is 26.4 Å². The fourth-order valence-electron chi connectivity index (χ4n) is 1.38. The molecule has 0 heterocycles. The van der Waals surface area contributed by atoms with Crippen LogP contribution in [0, 0.1) is 5.82 Å². The fraction of sp³-hybridized carbons (Fsp3) is 0.417. The van der Waals surface area contributed by atoms with Crippen LogP contribution >= 0.6 is 0 Å². The molecule has 0 saturated heterocycles. The lowest BCUT2D eigenvalue weighted by Gasteiger charge is -2.20. The van der Waals surface area contributed by atoms with Crippen LogP contribution in [0.3, 0.4) is 0 Å². The summed E-state index contributed by atoms with van der Waals surface area (Å²) in [6.07, 6.45) is 0. The zero-order chi connectivity index (χ0) is 15.6. The second-order valence-corrected chi connectivity index (χ2v) is 7.07. The smallest absolute Gasteiger partial charge is 0.241 e. The summed E-state index contributed by atoms with van der Waals surface area (Å²) in [6, 6.07) is 3.13. The molecule has 20 heavy (non-hydrogen) atoms. The maximum absolute atomic E-state index is 13.2. The molecule has 0 bridgehead atoms. The normalized spacial score (nSPS) is 12.2. The number of nitrogens with one attached hydrogen (secondary N) is 2. The van der Waals surface area contributed by atoms with E-state index in [-0.39, 0.29) is 10.6 Å². The van der Waals surface area contributed by atoms with Gasteiger partial charge in [-0.3, -0.25) is 4.79 Å². The molecule has 0 unspecified atom stereocenters. The highest BCUT2D eigenvalue weighted by Crippen LogP contribution is 2.15. The van der Waals surface area contributed by atoms with Crippen LogP contribution < -0.4 is 15.8 Å². The van der Waals surface area contributed by atoms with Crippen molar-refractivity contribution in [2.45, 2.75) is 31.2 Å². The maximum Gasteiger partial charge on any atom is 0.241 e. The molecule has 0 aliphatic carbocycles. The number of halogens is 1. The number of hydrogen-bond donors (Lipinski definition) is 3. The molecule has 0 atom stereocenters. The highest BCUT2D eigenvalue weighted by atomic mass is 32.2. The third-order valence-electron chi connectivity index (χ3n) is 2.22. The molecule has 0 aromatic heterocycles. The molecule has 1 aromatic carbocycles. The minimum Gasteiger partial charge on any atom is -0.396 e. The van der Waals surface area contributed by atoms with Crippen molar-refractivity contribution < 1.29 is 17.6 Å². The van der Waals surface area contributed by atoms with Gasteiger partial charge < -0.3 is 11.1 Å². The molecule has 112 valence electrons. The van der Waals surface area contributed by atoms with E-state index in [2.05, 4.69) is 10.0 Å². The van der Waals surface area contributed by atoms with Gasteiger partial charge in [0.25, 0.3) is 0 Å². The van der Waals surface area contributed by atoms with E-state index < -0.39 is 33.8 Å². The SMILES string of the molecule is CC(C)(C)NC(=O)CNS(=O)(=O)c1ccc(N)c(F)c1. The Balaban J connectivity index is 2.76. The summed E-state index contributed by atoms with van der Waals surface area (Å²) in [6.45, 7) is 4.89. The first-order valence-electron chi connectivity index (χ1n) is 5.87. The average Bonchev–Trinajstić information content (AvgIpc) is 2.28. The van der Waals surface area contributed by atoms with Gasteiger partial charge in [0, 0.05) is 5.54 Å². The number of benzene rings is 1. The number of carbonyl (C=O) groups excluding carboxylic acids is 1. The van der Waals surface area contributed by atoms with Crippen molar-refractivity contribution in [1.82, 2.24) is 10.0 Å². The van der Waals surface area contributed by atoms with Gasteiger partial charge in [0.1, 0.15) is 5.82 Å². The highest BCUT2D eigenvalue weighted by molar-refractivity contribution is 7.89. The third-order valence-corrected chi connectivity index (χ3v) is 3.62. The summed E-state index contributed by atoms with van der Waals surface area (Å²) >= 11 is 0. The van der Waals surface area contributed by atoms with E-state index in [1.165, 1.54) is 6.07 Å². The van der Waals surface area contributed by atoms with Gasteiger partial charge in [-0.15, -0.1) is 0 Å². The van der Waals surface area contributed by atoms with Crippen LogP contribution in [0.5, 0.6) is 0 Å². The molecule has 0 radical (unpaired) electrons. The van der Waals surface area contributed by atoms with Crippen LogP contribution in [0.2, 0.25) is 0 Å². The Kier molecular flexibility index (Phi) is 4.72. The largest absolute Gasteiger partial charge is 0.396 e. The van der Waals surface area contributed by atoms with Crippen LogP contribution in [0.15, 0.2) is 23.1 Å². The topological polar surface area (TPSA) is 101 Å². The number of carbonyl (C=O) groups is 1. The van der Waals surface area contributed by atoms with Gasteiger partial charge >= 0.3 is 0 Å². The predicted octanol–water partition coefficient (Wildman–Crippen LogP) is 0.601. The van der Waals surface area contributed by atoms with Gasteiger partial charge in [-0.25, -0.2) is 17.5 Å². The van der Waals surface area contributed by atoms with Crippen LogP contribution in [0.4, 0.5) is 10.1 Å². The fourth-order valence-corrected chi connectivity index (χ4v) is 2.37. The van der Waals surface area contributed by atoms with Gasteiger partial charge in [0.2, 0.25) is 15.9 Å². The lowest BCUT2D eigenvalue weighted by atomic mass is 10.1. The third kappa shape index (κ3) is 4.78. The summed E-state index contributed by atoms with van der Waals surface area (Å²) in [7, 11) is -3.96. The van der Waals surface area contributed by atoms with Gasteiger partial charge in [-0.2, -0.15) is 0 Å². The second kappa shape index (κ2) is 5.76. The van der Waals surface area contributed by atoms with Crippen molar-refractivity contribution in [3.8, 4) is 0 Å². The van der Waals surface area contributed by atoms with Crippen molar-refractivity contribution in [3.63, 3.8) is 0 Å². The van der Waals surface area contributed by atoms with Crippen molar-refractivity contribution in [3.05, 3.63) is 24.0 Å². The molecule has 0 saturated carbocycles. The Labute approximate surface area is 117 Å². The number of amides is 1. The molecule has 0 fully saturated rings. The van der Waals surface area contributed by atoms with E-state index in [0.29, 0.717) is 0 Å². The number of sulfonamides is 1. The van der Waals surface area contributed by atoms with Crippen LogP contribution in [0.1, 0.15) is 20.8 Å². The Morgan fingerprint density at radius 2 is 1.95 bits per heavy atom. The zero-order valence-electron chi connectivity index (χ0n) is 11.5. The average molecular weight is 303 g/mol. The van der Waals surface area contributed by atoms with Gasteiger partial charge in [-0.05, 0) is 39.0 Å². The summed E-state index contributed by atoms with van der Waals surface area (Å²) in [5, 5.41) is 2.60. The molecular weight excluding hydrogens is 285 g/mol. The molecule has 1 aromatic rings. The standard InChI is InChI=1S/C12H18FN3O3S/c1-12(2,3)16-11(17)7-15-20(18,19)8-4-5-10(14)9(13)6-8/h4-6,15H,7,14H2,1-3H3,(H,16,17). The van der Waals surface area contributed by atoms with Gasteiger partial charge in [-0.1, -0.05) is 0 Å². The Morgan fingerprint density at radius 3 is 2.45 bits per heavy atom. The lowest BCUT2D eigenvalue weighted by molar-refractivity contribution is -0.121. The predicted molar refractivity (Wildman–Crippen MR) is 73.9 cm³/mol. The van der Waals surface area contributed by atoms with Gasteiger partial charge in [0.05, 0.1) is 17.1 Å². The Hall–Kier alpha value is -1.67.